The third-order valence-electron chi connectivity index (χ3n) is 4.75. The van der Waals surface area contributed by atoms with Gasteiger partial charge in [0.15, 0.2) is 0 Å². The number of nitrogens with zero attached hydrogens (tertiary/aromatic N) is 1. The molecule has 0 spiro atoms. The number of hydrogen-bond acceptors (Lipinski definition) is 4. The molecule has 1 fully saturated rings. The molecule has 0 bridgehead atoms. The van der Waals surface area contributed by atoms with Crippen LogP contribution in [-0.4, -0.2) is 36.1 Å². The molecule has 1 amide bonds. The Morgan fingerprint density at radius 1 is 1.33 bits per heavy atom. The summed E-state index contributed by atoms with van der Waals surface area (Å²) in [6.45, 7) is 1.78. The van der Waals surface area contributed by atoms with Gasteiger partial charge in [0.2, 0.25) is 5.91 Å². The van der Waals surface area contributed by atoms with Gasteiger partial charge in [0.25, 0.3) is 0 Å². The van der Waals surface area contributed by atoms with E-state index in [2.05, 4.69) is 34.8 Å². The summed E-state index contributed by atoms with van der Waals surface area (Å²) in [5.41, 5.74) is 0.672. The van der Waals surface area contributed by atoms with Gasteiger partial charge < -0.3 is 10.4 Å². The Morgan fingerprint density at radius 3 is 2.92 bits per heavy atom. The first-order chi connectivity index (χ1) is 11.6. The summed E-state index contributed by atoms with van der Waals surface area (Å²) in [6, 6.07) is 11.7. The van der Waals surface area contributed by atoms with Gasteiger partial charge in [-0.15, -0.1) is 11.3 Å². The van der Waals surface area contributed by atoms with Crippen LogP contribution in [0.5, 0.6) is 5.75 Å². The molecule has 0 aliphatic carbocycles. The van der Waals surface area contributed by atoms with Crippen molar-refractivity contribution in [2.24, 2.45) is 5.92 Å². The normalized spacial score (nSPS) is 21.5. The highest BCUT2D eigenvalue weighted by molar-refractivity contribution is 7.10. The van der Waals surface area contributed by atoms with Crippen LogP contribution in [0.1, 0.15) is 29.3 Å². The second kappa shape index (κ2) is 7.81. The maximum atomic E-state index is 12.2. The summed E-state index contributed by atoms with van der Waals surface area (Å²) in [6.07, 6.45) is 2.51. The topological polar surface area (TPSA) is 52.6 Å². The lowest BCUT2D eigenvalue weighted by molar-refractivity contribution is -0.120. The third kappa shape index (κ3) is 3.97. The number of carbonyl (C=O) groups excluding carboxylic acids is 1. The number of benzene rings is 1. The molecule has 1 aromatic carbocycles. The third-order valence-corrected chi connectivity index (χ3v) is 5.69. The maximum absolute atomic E-state index is 12.2. The van der Waals surface area contributed by atoms with E-state index in [4.69, 9.17) is 0 Å². The van der Waals surface area contributed by atoms with E-state index in [9.17, 15) is 9.90 Å². The van der Waals surface area contributed by atoms with Crippen molar-refractivity contribution < 1.29 is 9.90 Å². The van der Waals surface area contributed by atoms with Gasteiger partial charge >= 0.3 is 0 Å². The van der Waals surface area contributed by atoms with Crippen LogP contribution < -0.4 is 5.32 Å². The Bertz CT molecular complexity index is 672. The Balaban J connectivity index is 1.60. The summed E-state index contributed by atoms with van der Waals surface area (Å²) < 4.78 is 0. The Labute approximate surface area is 147 Å². The molecule has 5 heteroatoms. The Kier molecular flexibility index (Phi) is 5.53. The van der Waals surface area contributed by atoms with E-state index < -0.39 is 0 Å². The molecule has 2 atom stereocenters. The fraction of sp³-hybridized carbons (Fsp3) is 0.421. The van der Waals surface area contributed by atoms with Crippen molar-refractivity contribution in [2.75, 3.05) is 20.1 Å². The molecule has 0 unspecified atom stereocenters. The van der Waals surface area contributed by atoms with Crippen LogP contribution in [0.4, 0.5) is 0 Å². The van der Waals surface area contributed by atoms with Gasteiger partial charge in [-0.25, -0.2) is 0 Å². The van der Waals surface area contributed by atoms with Crippen LogP contribution in [-0.2, 0) is 11.2 Å². The number of phenolic OH excluding ortho intramolecular Hbond substituents is 1. The Hall–Kier alpha value is -1.85. The minimum absolute atomic E-state index is 0.0327. The minimum Gasteiger partial charge on any atom is -0.508 e. The second-order valence-corrected chi connectivity index (χ2v) is 7.43. The van der Waals surface area contributed by atoms with E-state index in [-0.39, 0.29) is 18.1 Å². The molecule has 1 saturated heterocycles. The van der Waals surface area contributed by atoms with E-state index in [0.717, 1.165) is 13.0 Å². The zero-order valence-corrected chi connectivity index (χ0v) is 14.8. The lowest BCUT2D eigenvalue weighted by Gasteiger charge is -2.38. The summed E-state index contributed by atoms with van der Waals surface area (Å²) in [7, 11) is 2.17. The number of amides is 1. The zero-order chi connectivity index (χ0) is 16.9. The Morgan fingerprint density at radius 2 is 2.17 bits per heavy atom. The molecule has 0 radical (unpaired) electrons. The van der Waals surface area contributed by atoms with Crippen molar-refractivity contribution >= 4 is 17.2 Å². The van der Waals surface area contributed by atoms with Gasteiger partial charge in [-0.1, -0.05) is 24.3 Å². The molecule has 24 heavy (non-hydrogen) atoms. The molecule has 2 heterocycles. The van der Waals surface area contributed by atoms with E-state index in [1.54, 1.807) is 29.5 Å². The fourth-order valence-electron chi connectivity index (χ4n) is 3.52. The molecular weight excluding hydrogens is 320 g/mol. The number of rotatable bonds is 5. The highest BCUT2D eigenvalue weighted by atomic mass is 32.1. The molecule has 1 aromatic heterocycles. The van der Waals surface area contributed by atoms with Crippen LogP contribution >= 0.6 is 11.3 Å². The lowest BCUT2D eigenvalue weighted by atomic mass is 9.88. The number of carbonyl (C=O) groups is 1. The van der Waals surface area contributed by atoms with Crippen molar-refractivity contribution in [3.63, 3.8) is 0 Å². The summed E-state index contributed by atoms with van der Waals surface area (Å²) in [5, 5.41) is 15.0. The van der Waals surface area contributed by atoms with Crippen LogP contribution in [0.25, 0.3) is 0 Å². The second-order valence-electron chi connectivity index (χ2n) is 6.45. The van der Waals surface area contributed by atoms with Crippen molar-refractivity contribution in [2.45, 2.75) is 25.3 Å². The van der Waals surface area contributed by atoms with E-state index in [1.807, 2.05) is 6.07 Å². The predicted octanol–water partition coefficient (Wildman–Crippen LogP) is 3.20. The lowest BCUT2D eigenvalue weighted by Crippen LogP contribution is -2.41. The monoisotopic (exact) mass is 344 g/mol. The molecule has 2 N–H and O–H groups in total. The largest absolute Gasteiger partial charge is 0.508 e. The van der Waals surface area contributed by atoms with Crippen molar-refractivity contribution in [1.82, 2.24) is 10.2 Å². The van der Waals surface area contributed by atoms with Crippen LogP contribution in [0.15, 0.2) is 41.8 Å². The van der Waals surface area contributed by atoms with Crippen LogP contribution in [0.3, 0.4) is 0 Å². The van der Waals surface area contributed by atoms with Gasteiger partial charge in [-0.3, -0.25) is 9.69 Å². The molecule has 1 aliphatic rings. The summed E-state index contributed by atoms with van der Waals surface area (Å²) >= 11 is 1.79. The number of thiophene rings is 1. The number of nitrogens with one attached hydrogen (secondary N) is 1. The molecule has 0 saturated carbocycles. The standard InChI is InChI=1S/C19H24N2O2S/c1-21-10-4-7-15(19(21)17-9-5-11-24-17)13-20-18(23)12-14-6-2-3-8-16(14)22/h2-3,5-6,8-9,11,15,19,22H,4,7,10,12-13H2,1H3,(H,20,23)/t15-,19-/m0/s1. The smallest absolute Gasteiger partial charge is 0.224 e. The van der Waals surface area contributed by atoms with Gasteiger partial charge in [-0.2, -0.15) is 0 Å². The van der Waals surface area contributed by atoms with E-state index >= 15 is 0 Å². The van der Waals surface area contributed by atoms with Gasteiger partial charge in [0.05, 0.1) is 6.42 Å². The number of aromatic hydroxyl groups is 1. The highest BCUT2D eigenvalue weighted by Gasteiger charge is 2.31. The number of para-hydroxylation sites is 1. The number of hydrogen-bond donors (Lipinski definition) is 2. The number of piperidine rings is 1. The van der Waals surface area contributed by atoms with Gasteiger partial charge in [-0.05, 0) is 49.9 Å². The SMILES string of the molecule is CN1CCC[C@@H](CNC(=O)Cc2ccccc2O)[C@H]1c1cccs1. The predicted molar refractivity (Wildman–Crippen MR) is 97.2 cm³/mol. The van der Waals surface area contributed by atoms with Crippen molar-refractivity contribution in [1.29, 1.82) is 0 Å². The first kappa shape index (κ1) is 17.0. The first-order valence-corrected chi connectivity index (χ1v) is 9.30. The van der Waals surface area contributed by atoms with Crippen molar-refractivity contribution in [3.8, 4) is 5.75 Å². The van der Waals surface area contributed by atoms with Crippen molar-refractivity contribution in [3.05, 3.63) is 52.2 Å². The minimum atomic E-state index is -0.0327. The molecular formula is C19H24N2O2S. The van der Waals surface area contributed by atoms with E-state index in [1.165, 1.54) is 11.3 Å². The quantitative estimate of drug-likeness (QED) is 0.876. The zero-order valence-electron chi connectivity index (χ0n) is 13.9. The first-order valence-electron chi connectivity index (χ1n) is 8.42. The highest BCUT2D eigenvalue weighted by Crippen LogP contribution is 2.36. The fourth-order valence-corrected chi connectivity index (χ4v) is 4.51. The summed E-state index contributed by atoms with van der Waals surface area (Å²) in [4.78, 5) is 16.0. The molecule has 3 rings (SSSR count). The van der Waals surface area contributed by atoms with Crippen LogP contribution in [0.2, 0.25) is 0 Å². The van der Waals surface area contributed by atoms with E-state index in [0.29, 0.717) is 24.1 Å². The van der Waals surface area contributed by atoms with Crippen LogP contribution in [0, 0.1) is 5.92 Å². The number of likely N-dealkylation sites (tertiary alicyclic amines) is 1. The maximum Gasteiger partial charge on any atom is 0.224 e. The molecule has 4 nitrogen and oxygen atoms in total. The average Bonchev–Trinajstić information content (AvgIpc) is 3.09. The molecule has 128 valence electrons. The molecule has 2 aromatic rings. The average molecular weight is 344 g/mol. The molecule has 1 aliphatic heterocycles. The number of phenols is 1. The summed E-state index contributed by atoms with van der Waals surface area (Å²) in [5.74, 6) is 0.576. The van der Waals surface area contributed by atoms with Gasteiger partial charge in [0.1, 0.15) is 5.75 Å². The van der Waals surface area contributed by atoms with Gasteiger partial charge in [0, 0.05) is 23.0 Å².